The average molecular weight is 529 g/mol. The summed E-state index contributed by atoms with van der Waals surface area (Å²) in [6.07, 6.45) is -2.45. The molecule has 1 unspecified atom stereocenters. The quantitative estimate of drug-likeness (QED) is 0.399. The lowest BCUT2D eigenvalue weighted by Gasteiger charge is -2.30. The molecule has 1 saturated heterocycles. The van der Waals surface area contributed by atoms with Crippen molar-refractivity contribution >= 4 is 41.4 Å². The van der Waals surface area contributed by atoms with Crippen LogP contribution in [0.4, 0.5) is 13.2 Å². The van der Waals surface area contributed by atoms with Gasteiger partial charge in [0.15, 0.2) is 11.5 Å². The second-order valence-corrected chi connectivity index (χ2v) is 8.19. The molecule has 0 bridgehead atoms. The van der Waals surface area contributed by atoms with Crippen LogP contribution in [0.25, 0.3) is 28.1 Å². The summed E-state index contributed by atoms with van der Waals surface area (Å²) in [4.78, 5) is 6.06. The number of rotatable bonds is 5. The van der Waals surface area contributed by atoms with E-state index in [9.17, 15) is 13.2 Å². The lowest BCUT2D eigenvalue weighted by Crippen LogP contribution is -2.38. The number of halogens is 5. The number of nitrogens with zero attached hydrogens (tertiary/aromatic N) is 5. The standard InChI is InChI=1S/C23H23F3N6O.2ClH/c1-2-33-17-6-3-14-4-7-18(28-19(14)11-17)22-30-29-20-8-5-15(12-32(20)22)21(23(24,25)26)31-10-9-16(27)13-31;;/h3-8,11-12,16,21H,2,9-10,13,27H2,1H3;2*1H/t16?,21-;;/m1../s1. The summed E-state index contributed by atoms with van der Waals surface area (Å²) < 4.78 is 49.3. The molecule has 1 aliphatic heterocycles. The molecule has 4 aromatic rings. The van der Waals surface area contributed by atoms with E-state index >= 15 is 0 Å². The molecule has 0 aliphatic carbocycles. The number of likely N-dealkylation sites (tertiary alicyclic amines) is 1. The molecule has 12 heteroatoms. The average Bonchev–Trinajstić information content (AvgIpc) is 3.38. The molecule has 0 spiro atoms. The van der Waals surface area contributed by atoms with Gasteiger partial charge < -0.3 is 10.5 Å². The van der Waals surface area contributed by atoms with Gasteiger partial charge in [-0.25, -0.2) is 4.98 Å². The summed E-state index contributed by atoms with van der Waals surface area (Å²) in [5.41, 5.74) is 7.65. The van der Waals surface area contributed by atoms with Crippen LogP contribution in [0.1, 0.15) is 24.9 Å². The molecule has 0 amide bonds. The van der Waals surface area contributed by atoms with Gasteiger partial charge in [-0.05, 0) is 43.2 Å². The maximum Gasteiger partial charge on any atom is 0.408 e. The lowest BCUT2D eigenvalue weighted by molar-refractivity contribution is -0.183. The van der Waals surface area contributed by atoms with Crippen LogP contribution in [0.2, 0.25) is 0 Å². The van der Waals surface area contributed by atoms with Gasteiger partial charge in [0, 0.05) is 36.8 Å². The number of aromatic nitrogens is 4. The Morgan fingerprint density at radius 3 is 2.57 bits per heavy atom. The van der Waals surface area contributed by atoms with E-state index in [2.05, 4.69) is 15.2 Å². The number of benzene rings is 1. The topological polar surface area (TPSA) is 81.6 Å². The second kappa shape index (κ2) is 10.5. The number of fused-ring (bicyclic) bond motifs is 2. The highest BCUT2D eigenvalue weighted by atomic mass is 35.5. The van der Waals surface area contributed by atoms with E-state index in [0.29, 0.717) is 48.0 Å². The van der Waals surface area contributed by atoms with Crippen LogP contribution in [0.5, 0.6) is 5.75 Å². The molecule has 0 radical (unpaired) electrons. The molecule has 2 N–H and O–H groups in total. The summed E-state index contributed by atoms with van der Waals surface area (Å²) in [7, 11) is 0. The van der Waals surface area contributed by atoms with Gasteiger partial charge in [-0.15, -0.1) is 35.0 Å². The minimum atomic E-state index is -4.44. The van der Waals surface area contributed by atoms with Crippen molar-refractivity contribution in [3.8, 4) is 17.3 Å². The van der Waals surface area contributed by atoms with Crippen molar-refractivity contribution in [3.05, 3.63) is 54.2 Å². The zero-order valence-electron chi connectivity index (χ0n) is 18.8. The monoisotopic (exact) mass is 528 g/mol. The van der Waals surface area contributed by atoms with E-state index in [4.69, 9.17) is 10.5 Å². The van der Waals surface area contributed by atoms with Crippen LogP contribution in [0.15, 0.2) is 48.7 Å². The molecular weight excluding hydrogens is 504 g/mol. The number of alkyl halides is 3. The van der Waals surface area contributed by atoms with Crippen LogP contribution >= 0.6 is 24.8 Å². The molecule has 0 saturated carbocycles. The zero-order chi connectivity index (χ0) is 23.2. The molecule has 5 rings (SSSR count). The fourth-order valence-corrected chi connectivity index (χ4v) is 4.38. The molecule has 1 aliphatic rings. The first kappa shape index (κ1) is 26.9. The van der Waals surface area contributed by atoms with Gasteiger partial charge in [0.1, 0.15) is 17.5 Å². The molecule has 188 valence electrons. The van der Waals surface area contributed by atoms with Crippen LogP contribution in [0, 0.1) is 0 Å². The van der Waals surface area contributed by atoms with Crippen molar-refractivity contribution in [2.75, 3.05) is 19.7 Å². The molecule has 3 aromatic heterocycles. The summed E-state index contributed by atoms with van der Waals surface area (Å²) in [5, 5.41) is 9.25. The molecule has 4 heterocycles. The van der Waals surface area contributed by atoms with Crippen LogP contribution in [-0.4, -0.2) is 56.4 Å². The molecule has 1 aromatic carbocycles. The summed E-state index contributed by atoms with van der Waals surface area (Å²) >= 11 is 0. The Morgan fingerprint density at radius 2 is 1.89 bits per heavy atom. The minimum Gasteiger partial charge on any atom is -0.494 e. The van der Waals surface area contributed by atoms with Gasteiger partial charge in [0.25, 0.3) is 0 Å². The first-order chi connectivity index (χ1) is 15.8. The molecule has 35 heavy (non-hydrogen) atoms. The van der Waals surface area contributed by atoms with Crippen molar-refractivity contribution < 1.29 is 17.9 Å². The van der Waals surface area contributed by atoms with Gasteiger partial charge in [0.2, 0.25) is 0 Å². The Bertz CT molecular complexity index is 1320. The smallest absolute Gasteiger partial charge is 0.408 e. The van der Waals surface area contributed by atoms with E-state index in [-0.39, 0.29) is 43.0 Å². The largest absolute Gasteiger partial charge is 0.494 e. The SMILES string of the molecule is CCOc1ccc2ccc(-c3nnc4ccc([C@@H](N5CCC(N)C5)C(F)(F)F)cn34)nc2c1.Cl.Cl. The Hall–Kier alpha value is -2.66. The molecular formula is C23H25Cl2F3N6O. The van der Waals surface area contributed by atoms with E-state index < -0.39 is 12.2 Å². The fourth-order valence-electron chi connectivity index (χ4n) is 4.38. The van der Waals surface area contributed by atoms with Gasteiger partial charge in [-0.1, -0.05) is 12.1 Å². The van der Waals surface area contributed by atoms with Crippen molar-refractivity contribution in [1.29, 1.82) is 0 Å². The molecule has 7 nitrogen and oxygen atoms in total. The van der Waals surface area contributed by atoms with E-state index in [1.807, 2.05) is 31.2 Å². The Kier molecular flexibility index (Phi) is 8.10. The summed E-state index contributed by atoms with van der Waals surface area (Å²) in [6.45, 7) is 2.93. The Labute approximate surface area is 212 Å². The Balaban J connectivity index is 0.00000171. The van der Waals surface area contributed by atoms with Crippen LogP contribution in [-0.2, 0) is 0 Å². The van der Waals surface area contributed by atoms with E-state index in [1.165, 1.54) is 17.2 Å². The van der Waals surface area contributed by atoms with Crippen molar-refractivity contribution in [1.82, 2.24) is 24.5 Å². The highest BCUT2D eigenvalue weighted by molar-refractivity contribution is 5.85. The third-order valence-electron chi connectivity index (χ3n) is 5.88. The number of nitrogens with two attached hydrogens (primary N) is 1. The fraction of sp³-hybridized carbons (Fsp3) is 0.348. The van der Waals surface area contributed by atoms with Crippen molar-refractivity contribution in [2.24, 2.45) is 5.73 Å². The first-order valence-corrected chi connectivity index (χ1v) is 10.8. The highest BCUT2D eigenvalue weighted by Crippen LogP contribution is 2.39. The minimum absolute atomic E-state index is 0. The predicted octanol–water partition coefficient (Wildman–Crippen LogP) is 4.82. The van der Waals surface area contributed by atoms with Gasteiger partial charge in [-0.3, -0.25) is 9.30 Å². The maximum atomic E-state index is 14.1. The van der Waals surface area contributed by atoms with Crippen LogP contribution in [0.3, 0.4) is 0 Å². The van der Waals surface area contributed by atoms with E-state index in [0.717, 1.165) is 5.39 Å². The Morgan fingerprint density at radius 1 is 1.11 bits per heavy atom. The normalized spacial score (nSPS) is 17.2. The lowest BCUT2D eigenvalue weighted by atomic mass is 10.1. The number of hydrogen-bond donors (Lipinski definition) is 1. The van der Waals surface area contributed by atoms with Gasteiger partial charge in [0.05, 0.1) is 12.1 Å². The highest BCUT2D eigenvalue weighted by Gasteiger charge is 2.46. The number of pyridine rings is 2. The van der Waals surface area contributed by atoms with E-state index in [1.54, 1.807) is 16.5 Å². The number of hydrogen-bond acceptors (Lipinski definition) is 6. The first-order valence-electron chi connectivity index (χ1n) is 10.8. The maximum absolute atomic E-state index is 14.1. The third-order valence-corrected chi connectivity index (χ3v) is 5.88. The number of ether oxygens (including phenoxy) is 1. The molecule has 2 atom stereocenters. The molecule has 1 fully saturated rings. The van der Waals surface area contributed by atoms with Gasteiger partial charge in [-0.2, -0.15) is 13.2 Å². The van der Waals surface area contributed by atoms with Gasteiger partial charge >= 0.3 is 6.18 Å². The predicted molar refractivity (Wildman–Crippen MR) is 132 cm³/mol. The third kappa shape index (κ3) is 5.30. The zero-order valence-corrected chi connectivity index (χ0v) is 20.4. The van der Waals surface area contributed by atoms with Crippen LogP contribution < -0.4 is 10.5 Å². The summed E-state index contributed by atoms with van der Waals surface area (Å²) in [6, 6.07) is 10.3. The van der Waals surface area contributed by atoms with Crippen molar-refractivity contribution in [3.63, 3.8) is 0 Å². The van der Waals surface area contributed by atoms with Crippen molar-refractivity contribution in [2.45, 2.75) is 31.6 Å². The summed E-state index contributed by atoms with van der Waals surface area (Å²) in [5.74, 6) is 1.06. The second-order valence-electron chi connectivity index (χ2n) is 8.19.